The van der Waals surface area contributed by atoms with E-state index < -0.39 is 12.0 Å². The molecule has 1 saturated heterocycles. The number of carbonyl (C=O) groups is 2. The van der Waals surface area contributed by atoms with E-state index >= 15 is 0 Å². The van der Waals surface area contributed by atoms with Gasteiger partial charge in [0.05, 0.1) is 5.92 Å². The molecule has 7 nitrogen and oxygen atoms in total. The largest absolute Gasteiger partial charge is 0.353 e. The minimum atomic E-state index is -0.709. The second-order valence-corrected chi connectivity index (χ2v) is 7.16. The predicted molar refractivity (Wildman–Crippen MR) is 83.2 cm³/mol. The highest BCUT2D eigenvalue weighted by molar-refractivity contribution is 5.84. The summed E-state index contributed by atoms with van der Waals surface area (Å²) < 4.78 is 0. The molecule has 1 aliphatic heterocycles. The highest BCUT2D eigenvalue weighted by atomic mass is 16.6. The minimum absolute atomic E-state index is 0.0519. The van der Waals surface area contributed by atoms with Gasteiger partial charge in [-0.1, -0.05) is 19.3 Å². The lowest BCUT2D eigenvalue weighted by molar-refractivity contribution is -0.497. The van der Waals surface area contributed by atoms with Crippen LogP contribution in [0, 0.1) is 22.0 Å². The summed E-state index contributed by atoms with van der Waals surface area (Å²) >= 11 is 0. The van der Waals surface area contributed by atoms with Crippen molar-refractivity contribution >= 4 is 11.8 Å². The highest BCUT2D eigenvalue weighted by Crippen LogP contribution is 2.35. The third-order valence-corrected chi connectivity index (χ3v) is 5.40. The van der Waals surface area contributed by atoms with Crippen molar-refractivity contribution < 1.29 is 14.5 Å². The fraction of sp³-hybridized carbons (Fsp3) is 0.875. The van der Waals surface area contributed by atoms with Crippen LogP contribution in [0.2, 0.25) is 0 Å². The van der Waals surface area contributed by atoms with Crippen LogP contribution in [0.5, 0.6) is 0 Å². The molecule has 0 spiro atoms. The molecule has 3 fully saturated rings. The molecule has 0 bridgehead atoms. The van der Waals surface area contributed by atoms with Gasteiger partial charge in [0.2, 0.25) is 17.9 Å². The van der Waals surface area contributed by atoms with Crippen molar-refractivity contribution in [2.24, 2.45) is 11.8 Å². The number of nitrogens with zero attached hydrogens (tertiary/aromatic N) is 2. The van der Waals surface area contributed by atoms with Crippen LogP contribution in [0.3, 0.4) is 0 Å². The number of hydrogen-bond donors (Lipinski definition) is 1. The number of hydrogen-bond acceptors (Lipinski definition) is 4. The molecule has 0 aromatic rings. The summed E-state index contributed by atoms with van der Waals surface area (Å²) in [6, 6.07) is -0.427. The lowest BCUT2D eigenvalue weighted by Gasteiger charge is -2.33. The number of amides is 2. The minimum Gasteiger partial charge on any atom is -0.353 e. The maximum Gasteiger partial charge on any atom is 0.232 e. The van der Waals surface area contributed by atoms with E-state index in [0.29, 0.717) is 19.5 Å². The first-order valence-electron chi connectivity index (χ1n) is 8.79. The summed E-state index contributed by atoms with van der Waals surface area (Å²) in [5.41, 5.74) is 0. The summed E-state index contributed by atoms with van der Waals surface area (Å²) in [6.45, 7) is 1.03. The van der Waals surface area contributed by atoms with Crippen LogP contribution in [-0.2, 0) is 9.59 Å². The summed E-state index contributed by atoms with van der Waals surface area (Å²) in [4.78, 5) is 36.8. The molecule has 3 rings (SSSR count). The van der Waals surface area contributed by atoms with E-state index in [1.807, 2.05) is 0 Å². The van der Waals surface area contributed by atoms with Crippen molar-refractivity contribution in [3.8, 4) is 0 Å². The highest BCUT2D eigenvalue weighted by Gasteiger charge is 2.55. The van der Waals surface area contributed by atoms with Gasteiger partial charge in [0.25, 0.3) is 0 Å². The van der Waals surface area contributed by atoms with Crippen LogP contribution < -0.4 is 5.32 Å². The average Bonchev–Trinajstić information content (AvgIpc) is 3.36. The standard InChI is InChI=1S/C16H25N3O4/c20-15(17-12-6-2-1-3-7-12)11-5-4-8-18(10-11)16(21)13-9-14(13)19(22)23/h11-14H,1-10H2,(H,17,20)/t11-,13-,14+/m1/s1. The monoisotopic (exact) mass is 323 g/mol. The fourth-order valence-electron chi connectivity index (χ4n) is 3.87. The van der Waals surface area contributed by atoms with E-state index in [4.69, 9.17) is 0 Å². The molecule has 128 valence electrons. The van der Waals surface area contributed by atoms with Gasteiger partial charge in [-0.25, -0.2) is 0 Å². The molecule has 0 aromatic carbocycles. The summed E-state index contributed by atoms with van der Waals surface area (Å²) in [5, 5.41) is 13.9. The Morgan fingerprint density at radius 3 is 2.48 bits per heavy atom. The van der Waals surface area contributed by atoms with Gasteiger partial charge >= 0.3 is 0 Å². The smallest absolute Gasteiger partial charge is 0.232 e. The average molecular weight is 323 g/mol. The first kappa shape index (κ1) is 16.2. The molecule has 3 aliphatic rings. The van der Waals surface area contributed by atoms with Crippen molar-refractivity contribution in [1.29, 1.82) is 0 Å². The normalized spacial score (nSPS) is 31.5. The molecule has 0 unspecified atom stereocenters. The zero-order valence-corrected chi connectivity index (χ0v) is 13.4. The Morgan fingerprint density at radius 2 is 1.83 bits per heavy atom. The molecule has 2 amide bonds. The summed E-state index contributed by atoms with van der Waals surface area (Å²) in [7, 11) is 0. The SMILES string of the molecule is O=C(NC1CCCCC1)[C@@H]1CCCN(C(=O)[C@@H]2C[C@@H]2[N+](=O)[O-])C1. The molecule has 3 atom stereocenters. The Morgan fingerprint density at radius 1 is 1.09 bits per heavy atom. The Kier molecular flexibility index (Phi) is 4.82. The van der Waals surface area contributed by atoms with Gasteiger partial charge in [-0.05, 0) is 25.7 Å². The van der Waals surface area contributed by atoms with E-state index in [1.54, 1.807) is 4.90 Å². The second kappa shape index (κ2) is 6.84. The van der Waals surface area contributed by atoms with Crippen LogP contribution in [0.25, 0.3) is 0 Å². The van der Waals surface area contributed by atoms with Gasteiger partial charge in [-0.3, -0.25) is 19.7 Å². The third-order valence-electron chi connectivity index (χ3n) is 5.40. The van der Waals surface area contributed by atoms with Crippen LogP contribution in [0.1, 0.15) is 51.4 Å². The van der Waals surface area contributed by atoms with Gasteiger partial charge in [0.1, 0.15) is 5.92 Å². The van der Waals surface area contributed by atoms with Gasteiger partial charge < -0.3 is 10.2 Å². The lowest BCUT2D eigenvalue weighted by Crippen LogP contribution is -2.48. The maximum atomic E-state index is 12.4. The number of carbonyl (C=O) groups excluding carboxylic acids is 2. The Bertz CT molecular complexity index is 490. The Hall–Kier alpha value is -1.66. The summed E-state index contributed by atoms with van der Waals surface area (Å²) in [5.74, 6) is -0.717. The zero-order chi connectivity index (χ0) is 16.4. The third kappa shape index (κ3) is 3.82. The van der Waals surface area contributed by atoms with Crippen LogP contribution in [-0.4, -0.2) is 46.8 Å². The first-order valence-corrected chi connectivity index (χ1v) is 8.79. The van der Waals surface area contributed by atoms with Crippen molar-refractivity contribution in [1.82, 2.24) is 10.2 Å². The topological polar surface area (TPSA) is 92.6 Å². The summed E-state index contributed by atoms with van der Waals surface area (Å²) in [6.07, 6.45) is 7.63. The second-order valence-electron chi connectivity index (χ2n) is 7.16. The molecular weight excluding hydrogens is 298 g/mol. The molecule has 0 radical (unpaired) electrons. The van der Waals surface area contributed by atoms with Crippen molar-refractivity contribution in [3.63, 3.8) is 0 Å². The predicted octanol–water partition coefficient (Wildman–Crippen LogP) is 1.34. The molecule has 1 heterocycles. The number of rotatable bonds is 4. The first-order chi connectivity index (χ1) is 11.1. The molecule has 2 saturated carbocycles. The van der Waals surface area contributed by atoms with E-state index in [-0.39, 0.29) is 28.7 Å². The molecule has 1 N–H and O–H groups in total. The van der Waals surface area contributed by atoms with E-state index in [0.717, 1.165) is 25.7 Å². The number of piperidine rings is 1. The molecule has 7 heteroatoms. The van der Waals surface area contributed by atoms with Crippen molar-refractivity contribution in [2.75, 3.05) is 13.1 Å². The van der Waals surface area contributed by atoms with Gasteiger partial charge in [-0.15, -0.1) is 0 Å². The number of nitrogens with one attached hydrogen (secondary N) is 1. The molecule has 0 aromatic heterocycles. The zero-order valence-electron chi connectivity index (χ0n) is 13.4. The van der Waals surface area contributed by atoms with Gasteiger partial charge in [0.15, 0.2) is 0 Å². The Balaban J connectivity index is 1.50. The van der Waals surface area contributed by atoms with Crippen molar-refractivity contribution in [2.45, 2.75) is 63.5 Å². The number of likely N-dealkylation sites (tertiary alicyclic amines) is 1. The fourth-order valence-corrected chi connectivity index (χ4v) is 3.87. The van der Waals surface area contributed by atoms with Gasteiger partial charge in [0, 0.05) is 30.5 Å². The van der Waals surface area contributed by atoms with E-state index in [2.05, 4.69) is 5.32 Å². The maximum absolute atomic E-state index is 12.4. The molecule has 2 aliphatic carbocycles. The van der Waals surface area contributed by atoms with Crippen LogP contribution in [0.4, 0.5) is 0 Å². The quantitative estimate of drug-likeness (QED) is 0.624. The van der Waals surface area contributed by atoms with E-state index in [1.165, 1.54) is 19.3 Å². The lowest BCUT2D eigenvalue weighted by atomic mass is 9.93. The molecular formula is C16H25N3O4. The van der Waals surface area contributed by atoms with Crippen LogP contribution in [0.15, 0.2) is 0 Å². The Labute approximate surface area is 135 Å². The molecule has 23 heavy (non-hydrogen) atoms. The number of nitro groups is 1. The van der Waals surface area contributed by atoms with E-state index in [9.17, 15) is 19.7 Å². The van der Waals surface area contributed by atoms with Gasteiger partial charge in [-0.2, -0.15) is 0 Å². The van der Waals surface area contributed by atoms with Crippen LogP contribution >= 0.6 is 0 Å². The van der Waals surface area contributed by atoms with Crippen molar-refractivity contribution in [3.05, 3.63) is 10.1 Å².